The molecule has 1 N–H and O–H groups in total. The van der Waals surface area contributed by atoms with Crippen LogP contribution in [0.15, 0.2) is 84.7 Å². The number of ether oxygens (including phenoxy) is 2. The third-order valence-corrected chi connectivity index (χ3v) is 5.91. The second kappa shape index (κ2) is 7.23. The van der Waals surface area contributed by atoms with Gasteiger partial charge in [0.2, 0.25) is 5.95 Å². The van der Waals surface area contributed by atoms with Crippen molar-refractivity contribution in [3.05, 3.63) is 107 Å². The molecule has 3 aromatic carbocycles. The van der Waals surface area contributed by atoms with E-state index in [2.05, 4.69) is 27.5 Å². The van der Waals surface area contributed by atoms with E-state index in [-0.39, 0.29) is 11.9 Å². The summed E-state index contributed by atoms with van der Waals surface area (Å²) in [7, 11) is 1.64. The standard InChI is InChI=1S/C25H19FN4O2/c1-31-18-10-7-16(8-11-18)24-21-22(19-13-17(26)9-12-20(19)32-24)29-25-27-14-28-30(25)23(21)15-5-3-2-4-6-15/h2-14,23-24H,1H3,(H,27,28,29)/t23-,24-/m1/s1. The van der Waals surface area contributed by atoms with Gasteiger partial charge in [-0.05, 0) is 41.5 Å². The van der Waals surface area contributed by atoms with Crippen LogP contribution >= 0.6 is 0 Å². The highest BCUT2D eigenvalue weighted by atomic mass is 19.1. The summed E-state index contributed by atoms with van der Waals surface area (Å²) in [5.41, 5.74) is 4.40. The monoisotopic (exact) mass is 426 g/mol. The molecule has 0 saturated carbocycles. The molecule has 0 aliphatic carbocycles. The average Bonchev–Trinajstić information content (AvgIpc) is 3.31. The van der Waals surface area contributed by atoms with E-state index in [0.29, 0.717) is 17.3 Å². The summed E-state index contributed by atoms with van der Waals surface area (Å²) in [5, 5.41) is 7.88. The van der Waals surface area contributed by atoms with Crippen molar-refractivity contribution in [2.24, 2.45) is 0 Å². The number of nitrogens with one attached hydrogen (secondary N) is 1. The molecule has 0 amide bonds. The first-order valence-corrected chi connectivity index (χ1v) is 10.3. The van der Waals surface area contributed by atoms with Gasteiger partial charge < -0.3 is 14.8 Å². The molecule has 0 radical (unpaired) electrons. The summed E-state index contributed by atoms with van der Waals surface area (Å²) < 4.78 is 27.9. The minimum atomic E-state index is -0.413. The molecule has 158 valence electrons. The first-order valence-electron chi connectivity index (χ1n) is 10.3. The number of benzene rings is 3. The fourth-order valence-corrected chi connectivity index (χ4v) is 4.45. The van der Waals surface area contributed by atoms with E-state index < -0.39 is 6.10 Å². The molecule has 4 aromatic rings. The fourth-order valence-electron chi connectivity index (χ4n) is 4.45. The van der Waals surface area contributed by atoms with Gasteiger partial charge in [-0.25, -0.2) is 9.07 Å². The van der Waals surface area contributed by atoms with Crippen LogP contribution in [0.2, 0.25) is 0 Å². The van der Waals surface area contributed by atoms with Gasteiger partial charge in [0.05, 0.1) is 12.8 Å². The molecule has 1 aromatic heterocycles. The molecule has 3 heterocycles. The van der Waals surface area contributed by atoms with Gasteiger partial charge in [-0.1, -0.05) is 42.5 Å². The van der Waals surface area contributed by atoms with E-state index in [9.17, 15) is 4.39 Å². The molecule has 2 atom stereocenters. The number of aromatic nitrogens is 3. The third kappa shape index (κ3) is 2.85. The van der Waals surface area contributed by atoms with E-state index in [1.54, 1.807) is 13.2 Å². The van der Waals surface area contributed by atoms with Crippen molar-refractivity contribution < 1.29 is 13.9 Å². The summed E-state index contributed by atoms with van der Waals surface area (Å²) in [4.78, 5) is 4.39. The van der Waals surface area contributed by atoms with Crippen LogP contribution in [-0.2, 0) is 0 Å². The number of hydrogen-bond acceptors (Lipinski definition) is 5. The summed E-state index contributed by atoms with van der Waals surface area (Å²) in [6, 6.07) is 22.2. The van der Waals surface area contributed by atoms with Gasteiger partial charge in [0.25, 0.3) is 0 Å². The van der Waals surface area contributed by atoms with Crippen LogP contribution in [-0.4, -0.2) is 21.9 Å². The summed E-state index contributed by atoms with van der Waals surface area (Å²) in [6.45, 7) is 0. The molecule has 7 heteroatoms. The topological polar surface area (TPSA) is 61.2 Å². The molecule has 0 saturated heterocycles. The van der Waals surface area contributed by atoms with Crippen LogP contribution in [0.5, 0.6) is 11.5 Å². The second-order valence-corrected chi connectivity index (χ2v) is 7.71. The van der Waals surface area contributed by atoms with E-state index in [1.165, 1.54) is 18.5 Å². The Balaban J connectivity index is 1.61. The van der Waals surface area contributed by atoms with Crippen molar-refractivity contribution in [2.45, 2.75) is 12.1 Å². The maximum atomic E-state index is 14.3. The second-order valence-electron chi connectivity index (χ2n) is 7.71. The largest absolute Gasteiger partial charge is 0.497 e. The van der Waals surface area contributed by atoms with Gasteiger partial charge in [0.1, 0.15) is 35.8 Å². The van der Waals surface area contributed by atoms with Crippen LogP contribution in [0.3, 0.4) is 0 Å². The highest BCUT2D eigenvalue weighted by molar-refractivity contribution is 5.85. The molecular formula is C25H19FN4O2. The molecule has 6 nitrogen and oxygen atoms in total. The van der Waals surface area contributed by atoms with Gasteiger partial charge in [-0.3, -0.25) is 0 Å². The Kier molecular flexibility index (Phi) is 4.21. The van der Waals surface area contributed by atoms with Gasteiger partial charge in [0, 0.05) is 11.1 Å². The van der Waals surface area contributed by atoms with Crippen molar-refractivity contribution >= 4 is 11.6 Å². The van der Waals surface area contributed by atoms with Crippen molar-refractivity contribution in [2.75, 3.05) is 12.4 Å². The zero-order valence-electron chi connectivity index (χ0n) is 17.2. The van der Waals surface area contributed by atoms with E-state index in [0.717, 1.165) is 28.1 Å². The number of halogens is 1. The number of anilines is 1. The van der Waals surface area contributed by atoms with Gasteiger partial charge in [0.15, 0.2) is 0 Å². The highest BCUT2D eigenvalue weighted by Crippen LogP contribution is 2.50. The highest BCUT2D eigenvalue weighted by Gasteiger charge is 2.41. The Bertz CT molecular complexity index is 1330. The number of rotatable bonds is 3. The first kappa shape index (κ1) is 18.6. The van der Waals surface area contributed by atoms with Crippen LogP contribution in [0.25, 0.3) is 5.70 Å². The number of fused-ring (bicyclic) bond motifs is 3. The third-order valence-electron chi connectivity index (χ3n) is 5.91. The van der Waals surface area contributed by atoms with Crippen molar-refractivity contribution in [3.8, 4) is 11.5 Å². The predicted octanol–water partition coefficient (Wildman–Crippen LogP) is 4.99. The minimum Gasteiger partial charge on any atom is -0.497 e. The van der Waals surface area contributed by atoms with Gasteiger partial charge in [-0.2, -0.15) is 10.1 Å². The molecule has 32 heavy (non-hydrogen) atoms. The minimum absolute atomic E-state index is 0.270. The summed E-state index contributed by atoms with van der Waals surface area (Å²) in [6.07, 6.45) is 1.11. The number of nitrogens with zero attached hydrogens (tertiary/aromatic N) is 3. The van der Waals surface area contributed by atoms with Crippen LogP contribution in [0.4, 0.5) is 10.3 Å². The van der Waals surface area contributed by atoms with Crippen molar-refractivity contribution in [1.82, 2.24) is 14.8 Å². The zero-order valence-corrected chi connectivity index (χ0v) is 17.2. The lowest BCUT2D eigenvalue weighted by Crippen LogP contribution is -2.32. The maximum Gasteiger partial charge on any atom is 0.226 e. The number of methoxy groups -OCH3 is 1. The van der Waals surface area contributed by atoms with E-state index in [4.69, 9.17) is 9.47 Å². The number of hydrogen-bond donors (Lipinski definition) is 1. The van der Waals surface area contributed by atoms with Crippen LogP contribution in [0.1, 0.15) is 28.8 Å². The fraction of sp³-hybridized carbons (Fsp3) is 0.120. The lowest BCUT2D eigenvalue weighted by molar-refractivity contribution is 0.222. The molecule has 0 unspecified atom stereocenters. The van der Waals surface area contributed by atoms with Gasteiger partial charge >= 0.3 is 0 Å². The Hall–Kier alpha value is -4.13. The SMILES string of the molecule is COc1ccc([C@H]2Oc3ccc(F)cc3C3=C2[C@@H](c2ccccc2)n2ncnc2N3)cc1. The quantitative estimate of drug-likeness (QED) is 0.500. The Morgan fingerprint density at radius 1 is 1.00 bits per heavy atom. The molecule has 2 aliphatic heterocycles. The molecule has 0 spiro atoms. The van der Waals surface area contributed by atoms with Crippen LogP contribution in [0, 0.1) is 5.82 Å². The summed E-state index contributed by atoms with van der Waals surface area (Å²) >= 11 is 0. The van der Waals surface area contributed by atoms with E-state index >= 15 is 0 Å². The average molecular weight is 426 g/mol. The smallest absolute Gasteiger partial charge is 0.226 e. The Morgan fingerprint density at radius 2 is 1.81 bits per heavy atom. The van der Waals surface area contributed by atoms with Crippen molar-refractivity contribution in [1.29, 1.82) is 0 Å². The van der Waals surface area contributed by atoms with Crippen LogP contribution < -0.4 is 14.8 Å². The maximum absolute atomic E-state index is 14.3. The summed E-state index contributed by atoms with van der Waals surface area (Å²) in [5.74, 6) is 1.65. The lowest BCUT2D eigenvalue weighted by atomic mass is 9.84. The Morgan fingerprint density at radius 3 is 2.59 bits per heavy atom. The molecule has 2 aliphatic rings. The lowest BCUT2D eigenvalue weighted by Gasteiger charge is -2.39. The van der Waals surface area contributed by atoms with E-state index in [1.807, 2.05) is 47.1 Å². The zero-order chi connectivity index (χ0) is 21.7. The normalized spacial score (nSPS) is 18.7. The molecule has 0 fully saturated rings. The first-order chi connectivity index (χ1) is 15.7. The predicted molar refractivity (Wildman–Crippen MR) is 118 cm³/mol. The molecule has 6 rings (SSSR count). The molecular weight excluding hydrogens is 407 g/mol. The Labute approximate surface area is 183 Å². The van der Waals surface area contributed by atoms with Crippen molar-refractivity contribution in [3.63, 3.8) is 0 Å². The molecule has 0 bridgehead atoms. The van der Waals surface area contributed by atoms with Gasteiger partial charge in [-0.15, -0.1) is 0 Å².